The molecule has 1 saturated heterocycles. The second kappa shape index (κ2) is 8.17. The van der Waals surface area contributed by atoms with E-state index in [0.29, 0.717) is 12.1 Å². The van der Waals surface area contributed by atoms with Crippen LogP contribution in [-0.2, 0) is 6.54 Å². The highest BCUT2D eigenvalue weighted by atomic mass is 16.5. The molecular weight excluding hydrogens is 312 g/mol. The molecule has 2 aromatic carbocycles. The number of piperazine rings is 1. The summed E-state index contributed by atoms with van der Waals surface area (Å²) in [4.78, 5) is 5.05. The van der Waals surface area contributed by atoms with E-state index in [1.54, 1.807) is 7.11 Å². The van der Waals surface area contributed by atoms with Gasteiger partial charge in [0.1, 0.15) is 5.75 Å². The Kier molecular flexibility index (Phi) is 5.94. The molecule has 0 bridgehead atoms. The lowest BCUT2D eigenvalue weighted by atomic mass is 10.0. The number of rotatable bonds is 6. The van der Waals surface area contributed by atoms with E-state index in [1.165, 1.54) is 16.3 Å². The highest BCUT2D eigenvalue weighted by Crippen LogP contribution is 2.29. The molecule has 2 aromatic rings. The Morgan fingerprint density at radius 3 is 2.56 bits per heavy atom. The Morgan fingerprint density at radius 1 is 1.12 bits per heavy atom. The Hall–Kier alpha value is -1.62. The van der Waals surface area contributed by atoms with Crippen molar-refractivity contribution >= 4 is 10.8 Å². The minimum atomic E-state index is 0.257. The van der Waals surface area contributed by atoms with Gasteiger partial charge in [-0.05, 0) is 37.3 Å². The van der Waals surface area contributed by atoms with Crippen LogP contribution in [0.15, 0.2) is 36.4 Å². The van der Waals surface area contributed by atoms with Crippen LogP contribution in [0.2, 0.25) is 0 Å². The van der Waals surface area contributed by atoms with Gasteiger partial charge in [-0.2, -0.15) is 0 Å². The molecule has 3 rings (SSSR count). The second-order valence-corrected chi connectivity index (χ2v) is 7.21. The minimum absolute atomic E-state index is 0.257. The van der Waals surface area contributed by atoms with Crippen molar-refractivity contribution in [1.82, 2.24) is 9.80 Å². The fourth-order valence-electron chi connectivity index (χ4n) is 4.05. The molecule has 1 atom stereocenters. The summed E-state index contributed by atoms with van der Waals surface area (Å²) in [6.07, 6.45) is 0.845. The lowest BCUT2D eigenvalue weighted by molar-refractivity contribution is 0.0351. The van der Waals surface area contributed by atoms with Gasteiger partial charge < -0.3 is 9.84 Å². The number of aliphatic hydroxyl groups is 1. The van der Waals surface area contributed by atoms with Crippen molar-refractivity contribution in [3.8, 4) is 5.75 Å². The molecule has 0 aromatic heterocycles. The number of nitrogens with zero attached hydrogens (tertiary/aromatic N) is 2. The molecule has 1 fully saturated rings. The first-order chi connectivity index (χ1) is 12.1. The minimum Gasteiger partial charge on any atom is -0.496 e. The topological polar surface area (TPSA) is 35.9 Å². The van der Waals surface area contributed by atoms with Gasteiger partial charge >= 0.3 is 0 Å². The highest BCUT2D eigenvalue weighted by Gasteiger charge is 2.28. The summed E-state index contributed by atoms with van der Waals surface area (Å²) < 4.78 is 5.51. The Morgan fingerprint density at radius 2 is 1.88 bits per heavy atom. The van der Waals surface area contributed by atoms with E-state index < -0.39 is 0 Å². The third-order valence-corrected chi connectivity index (χ3v) is 5.33. The van der Waals surface area contributed by atoms with E-state index in [1.807, 2.05) is 0 Å². The van der Waals surface area contributed by atoms with Crippen LogP contribution in [0.4, 0.5) is 0 Å². The molecular formula is C21H30N2O2. The van der Waals surface area contributed by atoms with E-state index >= 15 is 0 Å². The van der Waals surface area contributed by atoms with Crippen LogP contribution < -0.4 is 4.74 Å². The maximum Gasteiger partial charge on any atom is 0.126 e. The monoisotopic (exact) mass is 342 g/mol. The maximum absolute atomic E-state index is 9.43. The standard InChI is InChI=1S/C21H30N2O2/c1-16(2)23-12-11-22(15-18(23)10-13-24)14-17-8-9-21(25-3)20-7-5-4-6-19(17)20/h4-9,16,18,24H,10-15H2,1-3H3. The van der Waals surface area contributed by atoms with Crippen molar-refractivity contribution in [3.63, 3.8) is 0 Å². The van der Waals surface area contributed by atoms with Crippen LogP contribution in [0.25, 0.3) is 10.8 Å². The van der Waals surface area contributed by atoms with Crippen LogP contribution in [-0.4, -0.2) is 60.3 Å². The number of hydrogen-bond acceptors (Lipinski definition) is 4. The van der Waals surface area contributed by atoms with Crippen molar-refractivity contribution in [2.24, 2.45) is 0 Å². The summed E-state index contributed by atoms with van der Waals surface area (Å²) in [6, 6.07) is 13.7. The van der Waals surface area contributed by atoms with E-state index in [-0.39, 0.29) is 6.61 Å². The number of hydrogen-bond donors (Lipinski definition) is 1. The fourth-order valence-corrected chi connectivity index (χ4v) is 4.05. The smallest absolute Gasteiger partial charge is 0.126 e. The molecule has 4 nitrogen and oxygen atoms in total. The van der Waals surface area contributed by atoms with E-state index in [9.17, 15) is 5.11 Å². The van der Waals surface area contributed by atoms with Crippen LogP contribution in [0.3, 0.4) is 0 Å². The van der Waals surface area contributed by atoms with E-state index in [0.717, 1.165) is 38.3 Å². The molecule has 1 aliphatic heterocycles. The van der Waals surface area contributed by atoms with Crippen molar-refractivity contribution < 1.29 is 9.84 Å². The van der Waals surface area contributed by atoms with Gasteiger partial charge in [-0.25, -0.2) is 0 Å². The highest BCUT2D eigenvalue weighted by molar-refractivity contribution is 5.91. The zero-order valence-electron chi connectivity index (χ0n) is 15.6. The van der Waals surface area contributed by atoms with Gasteiger partial charge in [0.25, 0.3) is 0 Å². The largest absolute Gasteiger partial charge is 0.496 e. The normalized spacial score (nSPS) is 19.6. The fraction of sp³-hybridized carbons (Fsp3) is 0.524. The molecule has 1 heterocycles. The summed E-state index contributed by atoms with van der Waals surface area (Å²) in [5, 5.41) is 11.9. The summed E-state index contributed by atoms with van der Waals surface area (Å²) in [5.74, 6) is 0.933. The number of methoxy groups -OCH3 is 1. The summed E-state index contributed by atoms with van der Waals surface area (Å²) >= 11 is 0. The molecule has 25 heavy (non-hydrogen) atoms. The average molecular weight is 342 g/mol. The van der Waals surface area contributed by atoms with Crippen molar-refractivity contribution in [2.75, 3.05) is 33.4 Å². The number of fused-ring (bicyclic) bond motifs is 1. The van der Waals surface area contributed by atoms with Gasteiger partial charge in [-0.3, -0.25) is 9.80 Å². The molecule has 1 aliphatic rings. The Balaban J connectivity index is 1.80. The molecule has 1 unspecified atom stereocenters. The molecule has 1 N–H and O–H groups in total. The van der Waals surface area contributed by atoms with Gasteiger partial charge in [-0.1, -0.05) is 30.3 Å². The first-order valence-electron chi connectivity index (χ1n) is 9.27. The van der Waals surface area contributed by atoms with Crippen LogP contribution >= 0.6 is 0 Å². The summed E-state index contributed by atoms with van der Waals surface area (Å²) in [6.45, 7) is 8.84. The van der Waals surface area contributed by atoms with E-state index in [4.69, 9.17) is 4.74 Å². The van der Waals surface area contributed by atoms with Gasteiger partial charge in [0, 0.05) is 50.3 Å². The van der Waals surface area contributed by atoms with Crippen LogP contribution in [0.5, 0.6) is 5.75 Å². The van der Waals surface area contributed by atoms with E-state index in [2.05, 4.69) is 60.0 Å². The van der Waals surface area contributed by atoms with Crippen LogP contribution in [0.1, 0.15) is 25.8 Å². The number of aliphatic hydroxyl groups excluding tert-OH is 1. The van der Waals surface area contributed by atoms with Gasteiger partial charge in [0.05, 0.1) is 7.11 Å². The Bertz CT molecular complexity index is 701. The Labute approximate surface area is 151 Å². The lowest BCUT2D eigenvalue weighted by Crippen LogP contribution is -2.55. The molecule has 0 spiro atoms. The maximum atomic E-state index is 9.43. The first kappa shape index (κ1) is 18.2. The van der Waals surface area contributed by atoms with Crippen LogP contribution in [0, 0.1) is 0 Å². The second-order valence-electron chi connectivity index (χ2n) is 7.21. The summed E-state index contributed by atoms with van der Waals surface area (Å²) in [5.41, 5.74) is 1.34. The lowest BCUT2D eigenvalue weighted by Gasteiger charge is -2.43. The first-order valence-corrected chi connectivity index (χ1v) is 9.27. The predicted octanol–water partition coefficient (Wildman–Crippen LogP) is 3.13. The third-order valence-electron chi connectivity index (χ3n) is 5.33. The summed E-state index contributed by atoms with van der Waals surface area (Å²) in [7, 11) is 1.73. The van der Waals surface area contributed by atoms with Crippen molar-refractivity contribution in [2.45, 2.75) is 38.9 Å². The third kappa shape index (κ3) is 3.97. The van der Waals surface area contributed by atoms with Gasteiger partial charge in [0.15, 0.2) is 0 Å². The number of benzene rings is 2. The zero-order valence-corrected chi connectivity index (χ0v) is 15.6. The SMILES string of the molecule is COc1ccc(CN2CCN(C(C)C)C(CCO)C2)c2ccccc12. The molecule has 4 heteroatoms. The average Bonchev–Trinajstić information content (AvgIpc) is 2.62. The number of ether oxygens (including phenoxy) is 1. The van der Waals surface area contributed by atoms with Crippen molar-refractivity contribution in [3.05, 3.63) is 42.0 Å². The quantitative estimate of drug-likeness (QED) is 0.875. The molecule has 0 radical (unpaired) electrons. The van der Waals surface area contributed by atoms with Gasteiger partial charge in [-0.15, -0.1) is 0 Å². The molecule has 136 valence electrons. The molecule has 0 aliphatic carbocycles. The molecule has 0 amide bonds. The van der Waals surface area contributed by atoms with Crippen molar-refractivity contribution in [1.29, 1.82) is 0 Å². The van der Waals surface area contributed by atoms with Gasteiger partial charge in [0.2, 0.25) is 0 Å². The zero-order chi connectivity index (χ0) is 17.8. The predicted molar refractivity (Wildman–Crippen MR) is 103 cm³/mol. The molecule has 0 saturated carbocycles.